The first-order chi connectivity index (χ1) is 10.5. The lowest BCUT2D eigenvalue weighted by atomic mass is 10.3. The van der Waals surface area contributed by atoms with Gasteiger partial charge in [-0.2, -0.15) is 4.98 Å². The van der Waals surface area contributed by atoms with E-state index in [1.54, 1.807) is 32.4 Å². The third-order valence-electron chi connectivity index (χ3n) is 3.06. The first-order valence-electron chi connectivity index (χ1n) is 6.86. The Balaban J connectivity index is 2.13. The number of ether oxygens (including phenoxy) is 1. The topological polar surface area (TPSA) is 81.0 Å². The monoisotopic (exact) mass is 309 g/mol. The summed E-state index contributed by atoms with van der Waals surface area (Å²) in [5.41, 5.74) is 0. The second kappa shape index (κ2) is 7.12. The Morgan fingerprint density at radius 2 is 2.23 bits per heavy atom. The molecule has 0 saturated heterocycles. The van der Waals surface area contributed by atoms with E-state index in [0.717, 1.165) is 12.0 Å². The molecule has 2 aromatic heterocycles. The van der Waals surface area contributed by atoms with E-state index in [-0.39, 0.29) is 11.9 Å². The van der Waals surface area contributed by atoms with Crippen LogP contribution < -0.4 is 10.2 Å². The third-order valence-corrected chi connectivity index (χ3v) is 3.06. The van der Waals surface area contributed by atoms with E-state index in [1.807, 2.05) is 11.5 Å². The molecular weight excluding hydrogens is 289 g/mol. The molecule has 0 amide bonds. The van der Waals surface area contributed by atoms with Crippen molar-refractivity contribution < 1.29 is 9.13 Å². The lowest BCUT2D eigenvalue weighted by Crippen LogP contribution is -2.18. The van der Waals surface area contributed by atoms with E-state index in [9.17, 15) is 4.39 Å². The summed E-state index contributed by atoms with van der Waals surface area (Å²) < 4.78 is 20.5. The summed E-state index contributed by atoms with van der Waals surface area (Å²) in [6.07, 6.45) is 2.79. The molecule has 120 valence electrons. The van der Waals surface area contributed by atoms with Crippen molar-refractivity contribution in [2.24, 2.45) is 0 Å². The van der Waals surface area contributed by atoms with E-state index in [2.05, 4.69) is 25.5 Å². The largest absolute Gasteiger partial charge is 0.383 e. The van der Waals surface area contributed by atoms with Crippen LogP contribution in [0.2, 0.25) is 0 Å². The number of halogens is 1. The van der Waals surface area contributed by atoms with Gasteiger partial charge in [-0.25, -0.2) is 9.37 Å². The maximum absolute atomic E-state index is 13.6. The Labute approximate surface area is 128 Å². The first-order valence-corrected chi connectivity index (χ1v) is 6.86. The summed E-state index contributed by atoms with van der Waals surface area (Å²) in [5, 5.41) is 11.1. The molecule has 0 fully saturated rings. The van der Waals surface area contributed by atoms with Gasteiger partial charge in [-0.15, -0.1) is 10.2 Å². The minimum Gasteiger partial charge on any atom is -0.383 e. The van der Waals surface area contributed by atoms with E-state index < -0.39 is 5.82 Å². The average molecular weight is 309 g/mol. The second-order valence-corrected chi connectivity index (χ2v) is 5.00. The van der Waals surface area contributed by atoms with Crippen LogP contribution in [0.5, 0.6) is 0 Å². The van der Waals surface area contributed by atoms with Gasteiger partial charge in [-0.05, 0) is 6.92 Å². The van der Waals surface area contributed by atoms with Crippen LogP contribution in [0.1, 0.15) is 18.8 Å². The normalized spacial score (nSPS) is 12.2. The molecule has 0 unspecified atom stereocenters. The van der Waals surface area contributed by atoms with Crippen molar-refractivity contribution in [1.82, 2.24) is 24.7 Å². The zero-order valence-corrected chi connectivity index (χ0v) is 13.1. The molecule has 8 nitrogen and oxygen atoms in total. The SMILES string of the molecule is COCCn1cnnc1[C@H](C)Nc1ncc(F)c(N(C)C)n1. The number of aromatic nitrogens is 5. The van der Waals surface area contributed by atoms with Crippen LogP contribution >= 0.6 is 0 Å². The highest BCUT2D eigenvalue weighted by molar-refractivity contribution is 5.42. The minimum atomic E-state index is -0.466. The Hall–Kier alpha value is -2.29. The molecular formula is C13H20FN7O. The molecule has 2 aromatic rings. The highest BCUT2D eigenvalue weighted by Gasteiger charge is 2.16. The summed E-state index contributed by atoms with van der Waals surface area (Å²) in [6.45, 7) is 3.13. The first kappa shape index (κ1) is 16.1. The quantitative estimate of drug-likeness (QED) is 0.820. The van der Waals surface area contributed by atoms with Gasteiger partial charge >= 0.3 is 0 Å². The van der Waals surface area contributed by atoms with Gasteiger partial charge in [-0.1, -0.05) is 0 Å². The van der Waals surface area contributed by atoms with Crippen molar-refractivity contribution in [3.8, 4) is 0 Å². The molecule has 2 heterocycles. The zero-order chi connectivity index (χ0) is 16.1. The average Bonchev–Trinajstić information content (AvgIpc) is 2.95. The molecule has 9 heteroatoms. The Kier molecular flexibility index (Phi) is 5.21. The van der Waals surface area contributed by atoms with Gasteiger partial charge in [0, 0.05) is 27.7 Å². The van der Waals surface area contributed by atoms with Crippen LogP contribution in [0.25, 0.3) is 0 Å². The molecule has 1 N–H and O–H groups in total. The Morgan fingerprint density at radius 3 is 2.91 bits per heavy atom. The van der Waals surface area contributed by atoms with Crippen molar-refractivity contribution >= 4 is 11.8 Å². The highest BCUT2D eigenvalue weighted by atomic mass is 19.1. The maximum Gasteiger partial charge on any atom is 0.225 e. The molecule has 0 aromatic carbocycles. The Bertz CT molecular complexity index is 616. The van der Waals surface area contributed by atoms with Crippen molar-refractivity contribution in [2.75, 3.05) is 38.0 Å². The van der Waals surface area contributed by atoms with Crippen LogP contribution in [-0.4, -0.2) is 52.5 Å². The standard InChI is InChI=1S/C13H20FN7O/c1-9(11-19-16-8-21(11)5-6-22-4)17-13-15-7-10(14)12(18-13)20(2)3/h7-9H,5-6H2,1-4H3,(H,15,17,18)/t9-/m0/s1. The van der Waals surface area contributed by atoms with Crippen LogP contribution in [0.15, 0.2) is 12.5 Å². The summed E-state index contributed by atoms with van der Waals surface area (Å²) >= 11 is 0. The molecule has 0 aliphatic carbocycles. The summed E-state index contributed by atoms with van der Waals surface area (Å²) in [5.74, 6) is 0.826. The molecule has 1 atom stereocenters. The third kappa shape index (κ3) is 3.67. The number of methoxy groups -OCH3 is 1. The van der Waals surface area contributed by atoms with Gasteiger partial charge < -0.3 is 19.5 Å². The lowest BCUT2D eigenvalue weighted by molar-refractivity contribution is 0.186. The van der Waals surface area contributed by atoms with Crippen LogP contribution in [0.4, 0.5) is 16.2 Å². The fourth-order valence-corrected chi connectivity index (χ4v) is 1.96. The van der Waals surface area contributed by atoms with Gasteiger partial charge in [0.25, 0.3) is 0 Å². The predicted molar refractivity (Wildman–Crippen MR) is 80.3 cm³/mol. The molecule has 0 saturated carbocycles. The fraction of sp³-hybridized carbons (Fsp3) is 0.538. The van der Waals surface area contributed by atoms with Crippen LogP contribution in [0, 0.1) is 5.82 Å². The molecule has 2 rings (SSSR count). The number of rotatable bonds is 7. The van der Waals surface area contributed by atoms with Crippen LogP contribution in [-0.2, 0) is 11.3 Å². The number of anilines is 2. The predicted octanol–water partition coefficient (Wildman–Crippen LogP) is 1.09. The maximum atomic E-state index is 13.6. The summed E-state index contributed by atoms with van der Waals surface area (Å²) in [4.78, 5) is 9.71. The summed E-state index contributed by atoms with van der Waals surface area (Å²) in [6, 6.07) is -0.181. The fourth-order valence-electron chi connectivity index (χ4n) is 1.96. The van der Waals surface area contributed by atoms with Crippen molar-refractivity contribution in [1.29, 1.82) is 0 Å². The number of hydrogen-bond acceptors (Lipinski definition) is 7. The molecule has 0 aliphatic heterocycles. The van der Waals surface area contributed by atoms with E-state index in [0.29, 0.717) is 19.1 Å². The summed E-state index contributed by atoms with van der Waals surface area (Å²) in [7, 11) is 5.08. The van der Waals surface area contributed by atoms with Crippen LogP contribution in [0.3, 0.4) is 0 Å². The van der Waals surface area contributed by atoms with Gasteiger partial charge in [0.15, 0.2) is 17.5 Å². The number of nitrogens with one attached hydrogen (secondary N) is 1. The molecule has 0 bridgehead atoms. The van der Waals surface area contributed by atoms with Crippen molar-refractivity contribution in [2.45, 2.75) is 19.5 Å². The van der Waals surface area contributed by atoms with Crippen molar-refractivity contribution in [3.63, 3.8) is 0 Å². The molecule has 0 radical (unpaired) electrons. The van der Waals surface area contributed by atoms with E-state index in [1.165, 1.54) is 0 Å². The van der Waals surface area contributed by atoms with Gasteiger partial charge in [0.1, 0.15) is 6.33 Å². The minimum absolute atomic E-state index is 0.181. The van der Waals surface area contributed by atoms with Gasteiger partial charge in [0.2, 0.25) is 5.95 Å². The molecule has 22 heavy (non-hydrogen) atoms. The highest BCUT2D eigenvalue weighted by Crippen LogP contribution is 2.18. The van der Waals surface area contributed by atoms with E-state index >= 15 is 0 Å². The zero-order valence-electron chi connectivity index (χ0n) is 13.1. The lowest BCUT2D eigenvalue weighted by Gasteiger charge is -2.17. The van der Waals surface area contributed by atoms with E-state index in [4.69, 9.17) is 4.74 Å². The second-order valence-electron chi connectivity index (χ2n) is 5.00. The van der Waals surface area contributed by atoms with Gasteiger partial charge in [-0.3, -0.25) is 0 Å². The van der Waals surface area contributed by atoms with Gasteiger partial charge in [0.05, 0.1) is 18.8 Å². The smallest absolute Gasteiger partial charge is 0.225 e. The number of hydrogen-bond donors (Lipinski definition) is 1. The molecule has 0 aliphatic rings. The number of nitrogens with zero attached hydrogens (tertiary/aromatic N) is 6. The van der Waals surface area contributed by atoms with Crippen molar-refractivity contribution in [3.05, 3.63) is 24.2 Å². The Morgan fingerprint density at radius 1 is 1.45 bits per heavy atom. The molecule has 0 spiro atoms.